The zero-order valence-electron chi connectivity index (χ0n) is 18.6. The van der Waals surface area contributed by atoms with Crippen LogP contribution in [0.5, 0.6) is 0 Å². The van der Waals surface area contributed by atoms with E-state index in [1.807, 2.05) is 36.9 Å². The standard InChI is InChI=1S/C24H37N3O3/c1-3-25(4-2)24(29)19-30-22-16-26(15-14-20-10-6-5-7-11-20)23(28)18-27(17-22)21-12-8-9-13-21/h5-7,10-11,21-22H,3-4,8-9,12-19H2,1-2H3/t22-/m0/s1. The van der Waals surface area contributed by atoms with E-state index >= 15 is 0 Å². The highest BCUT2D eigenvalue weighted by Crippen LogP contribution is 2.25. The maximum absolute atomic E-state index is 13.0. The van der Waals surface area contributed by atoms with Crippen molar-refractivity contribution in [1.29, 1.82) is 0 Å². The Labute approximate surface area is 181 Å². The number of rotatable bonds is 9. The van der Waals surface area contributed by atoms with Gasteiger partial charge in [-0.05, 0) is 38.7 Å². The summed E-state index contributed by atoms with van der Waals surface area (Å²) in [5, 5.41) is 0. The van der Waals surface area contributed by atoms with Crippen molar-refractivity contribution < 1.29 is 14.3 Å². The average molecular weight is 416 g/mol. The number of nitrogens with zero attached hydrogens (tertiary/aromatic N) is 3. The lowest BCUT2D eigenvalue weighted by Gasteiger charge is -2.29. The Morgan fingerprint density at radius 3 is 2.47 bits per heavy atom. The molecule has 30 heavy (non-hydrogen) atoms. The molecular weight excluding hydrogens is 378 g/mol. The van der Waals surface area contributed by atoms with Gasteiger partial charge in [0.25, 0.3) is 0 Å². The molecule has 1 aromatic carbocycles. The third-order valence-electron chi connectivity index (χ3n) is 6.47. The monoisotopic (exact) mass is 415 g/mol. The van der Waals surface area contributed by atoms with E-state index in [4.69, 9.17) is 4.74 Å². The molecule has 1 atom stereocenters. The van der Waals surface area contributed by atoms with Gasteiger partial charge in [0.1, 0.15) is 6.61 Å². The summed E-state index contributed by atoms with van der Waals surface area (Å²) in [5.74, 6) is 0.206. The fourth-order valence-corrected chi connectivity index (χ4v) is 4.64. The SMILES string of the molecule is CCN(CC)C(=O)CO[C@H]1CN(CCc2ccccc2)C(=O)CN(C2CCCC2)C1. The van der Waals surface area contributed by atoms with Crippen LogP contribution in [-0.4, -0.2) is 84.5 Å². The topological polar surface area (TPSA) is 53.1 Å². The first-order valence-electron chi connectivity index (χ1n) is 11.6. The van der Waals surface area contributed by atoms with Crippen molar-refractivity contribution in [3.05, 3.63) is 35.9 Å². The van der Waals surface area contributed by atoms with Crippen LogP contribution in [0.1, 0.15) is 45.1 Å². The molecule has 0 N–H and O–H groups in total. The van der Waals surface area contributed by atoms with Gasteiger partial charge in [-0.15, -0.1) is 0 Å². The molecular formula is C24H37N3O3. The third kappa shape index (κ3) is 6.29. The molecule has 2 aliphatic rings. The molecule has 1 aliphatic heterocycles. The summed E-state index contributed by atoms with van der Waals surface area (Å²) in [6.45, 7) is 7.88. The average Bonchev–Trinajstić information content (AvgIpc) is 3.25. The summed E-state index contributed by atoms with van der Waals surface area (Å²) < 4.78 is 6.10. The first kappa shape index (κ1) is 22.8. The van der Waals surface area contributed by atoms with E-state index < -0.39 is 0 Å². The lowest BCUT2D eigenvalue weighted by atomic mass is 10.1. The molecule has 3 rings (SSSR count). The largest absolute Gasteiger partial charge is 0.365 e. The predicted molar refractivity (Wildman–Crippen MR) is 118 cm³/mol. The van der Waals surface area contributed by atoms with Crippen LogP contribution in [-0.2, 0) is 20.7 Å². The van der Waals surface area contributed by atoms with E-state index in [0.29, 0.717) is 38.8 Å². The van der Waals surface area contributed by atoms with Gasteiger partial charge < -0.3 is 14.5 Å². The molecule has 1 heterocycles. The molecule has 0 radical (unpaired) electrons. The maximum Gasteiger partial charge on any atom is 0.248 e. The summed E-state index contributed by atoms with van der Waals surface area (Å²) in [5.41, 5.74) is 1.23. The highest BCUT2D eigenvalue weighted by molar-refractivity contribution is 5.79. The fourth-order valence-electron chi connectivity index (χ4n) is 4.64. The minimum atomic E-state index is -0.132. The summed E-state index contributed by atoms with van der Waals surface area (Å²) in [4.78, 5) is 31.5. The Kier molecular flexibility index (Phi) is 8.70. The second-order valence-electron chi connectivity index (χ2n) is 8.44. The molecule has 1 aromatic rings. The first-order chi connectivity index (χ1) is 14.6. The van der Waals surface area contributed by atoms with Gasteiger partial charge in [0.05, 0.1) is 12.6 Å². The minimum absolute atomic E-state index is 0.0267. The Morgan fingerprint density at radius 2 is 1.80 bits per heavy atom. The normalized spacial score (nSPS) is 21.1. The van der Waals surface area contributed by atoms with Gasteiger partial charge in [0, 0.05) is 38.8 Å². The first-order valence-corrected chi connectivity index (χ1v) is 11.6. The number of ether oxygens (including phenoxy) is 1. The van der Waals surface area contributed by atoms with Crippen LogP contribution in [0.3, 0.4) is 0 Å². The van der Waals surface area contributed by atoms with Crippen LogP contribution >= 0.6 is 0 Å². The summed E-state index contributed by atoms with van der Waals surface area (Å²) in [6.07, 6.45) is 5.48. The Morgan fingerprint density at radius 1 is 1.10 bits per heavy atom. The van der Waals surface area contributed by atoms with Crippen LogP contribution in [0.4, 0.5) is 0 Å². The lowest BCUT2D eigenvalue weighted by Crippen LogP contribution is -2.42. The number of carbonyl (C=O) groups is 2. The van der Waals surface area contributed by atoms with E-state index in [1.165, 1.54) is 18.4 Å². The molecule has 166 valence electrons. The van der Waals surface area contributed by atoms with Gasteiger partial charge in [-0.2, -0.15) is 0 Å². The summed E-state index contributed by atoms with van der Waals surface area (Å²) >= 11 is 0. The molecule has 2 fully saturated rings. The minimum Gasteiger partial charge on any atom is -0.365 e. The van der Waals surface area contributed by atoms with Crippen molar-refractivity contribution in [1.82, 2.24) is 14.7 Å². The molecule has 2 amide bonds. The van der Waals surface area contributed by atoms with Gasteiger partial charge in [-0.1, -0.05) is 43.2 Å². The van der Waals surface area contributed by atoms with Crippen LogP contribution < -0.4 is 0 Å². The Balaban J connectivity index is 1.64. The molecule has 0 unspecified atom stereocenters. The second kappa shape index (κ2) is 11.5. The van der Waals surface area contributed by atoms with Crippen molar-refractivity contribution in [3.8, 4) is 0 Å². The molecule has 0 bridgehead atoms. The van der Waals surface area contributed by atoms with Crippen molar-refractivity contribution in [2.45, 2.75) is 58.1 Å². The summed E-state index contributed by atoms with van der Waals surface area (Å²) in [7, 11) is 0. The van der Waals surface area contributed by atoms with Crippen LogP contribution in [0.15, 0.2) is 30.3 Å². The van der Waals surface area contributed by atoms with Gasteiger partial charge >= 0.3 is 0 Å². The van der Waals surface area contributed by atoms with Crippen LogP contribution in [0.2, 0.25) is 0 Å². The van der Waals surface area contributed by atoms with Gasteiger partial charge in [0.2, 0.25) is 11.8 Å². The van der Waals surface area contributed by atoms with Crippen molar-refractivity contribution >= 4 is 11.8 Å². The lowest BCUT2D eigenvalue weighted by molar-refractivity contribution is -0.138. The highest BCUT2D eigenvalue weighted by atomic mass is 16.5. The number of likely N-dealkylation sites (N-methyl/N-ethyl adjacent to an activating group) is 1. The van der Waals surface area contributed by atoms with Crippen molar-refractivity contribution in [2.24, 2.45) is 0 Å². The molecule has 1 aliphatic carbocycles. The molecule has 6 heteroatoms. The zero-order chi connectivity index (χ0) is 21.3. The van der Waals surface area contributed by atoms with E-state index in [2.05, 4.69) is 17.0 Å². The fraction of sp³-hybridized carbons (Fsp3) is 0.667. The van der Waals surface area contributed by atoms with Gasteiger partial charge in [0.15, 0.2) is 0 Å². The van der Waals surface area contributed by atoms with E-state index in [9.17, 15) is 9.59 Å². The Hall–Kier alpha value is -1.92. The molecule has 1 saturated heterocycles. The third-order valence-corrected chi connectivity index (χ3v) is 6.47. The smallest absolute Gasteiger partial charge is 0.248 e. The number of carbonyl (C=O) groups excluding carboxylic acids is 2. The van der Waals surface area contributed by atoms with Crippen LogP contribution in [0, 0.1) is 0 Å². The zero-order valence-corrected chi connectivity index (χ0v) is 18.6. The number of hydrogen-bond acceptors (Lipinski definition) is 4. The van der Waals surface area contributed by atoms with E-state index in [0.717, 1.165) is 25.8 Å². The van der Waals surface area contributed by atoms with E-state index in [1.54, 1.807) is 4.90 Å². The maximum atomic E-state index is 13.0. The quantitative estimate of drug-likeness (QED) is 0.622. The number of benzene rings is 1. The van der Waals surface area contributed by atoms with Crippen molar-refractivity contribution in [2.75, 3.05) is 45.9 Å². The van der Waals surface area contributed by atoms with Gasteiger partial charge in [-0.3, -0.25) is 14.5 Å². The summed E-state index contributed by atoms with van der Waals surface area (Å²) in [6, 6.07) is 10.7. The molecule has 1 saturated carbocycles. The van der Waals surface area contributed by atoms with Gasteiger partial charge in [-0.25, -0.2) is 0 Å². The number of amides is 2. The second-order valence-corrected chi connectivity index (χ2v) is 8.44. The predicted octanol–water partition coefficient (Wildman–Crippen LogP) is 2.57. The number of hydrogen-bond donors (Lipinski definition) is 0. The highest BCUT2D eigenvalue weighted by Gasteiger charge is 2.33. The molecule has 6 nitrogen and oxygen atoms in total. The molecule has 0 spiro atoms. The van der Waals surface area contributed by atoms with E-state index in [-0.39, 0.29) is 24.5 Å². The molecule has 0 aromatic heterocycles. The van der Waals surface area contributed by atoms with Crippen molar-refractivity contribution in [3.63, 3.8) is 0 Å². The van der Waals surface area contributed by atoms with Crippen LogP contribution in [0.25, 0.3) is 0 Å². The Bertz CT molecular complexity index is 672.